The van der Waals surface area contributed by atoms with Crippen LogP contribution >= 0.6 is 0 Å². The van der Waals surface area contributed by atoms with Crippen LogP contribution in [0.4, 0.5) is 23.7 Å². The first-order valence-electron chi connectivity index (χ1n) is 6.30. The second-order valence-corrected chi connectivity index (χ2v) is 4.52. The number of urea groups is 1. The monoisotopic (exact) mass is 298 g/mol. The Morgan fingerprint density at radius 1 is 1.43 bits per heavy atom. The molecule has 0 aliphatic carbocycles. The largest absolute Gasteiger partial charge is 0.417 e. The van der Waals surface area contributed by atoms with E-state index >= 15 is 0 Å². The molecule has 1 aromatic rings. The summed E-state index contributed by atoms with van der Waals surface area (Å²) in [6, 6.07) is 4.81. The van der Waals surface area contributed by atoms with E-state index in [1.807, 2.05) is 0 Å². The number of halogens is 3. The van der Waals surface area contributed by atoms with Crippen LogP contribution in [-0.4, -0.2) is 37.1 Å². The van der Waals surface area contributed by atoms with Crippen LogP contribution in [0.5, 0.6) is 0 Å². The van der Waals surface area contributed by atoms with Gasteiger partial charge in [0.15, 0.2) is 0 Å². The first kappa shape index (κ1) is 15.0. The molecule has 8 heteroatoms. The summed E-state index contributed by atoms with van der Waals surface area (Å²) >= 11 is 0. The van der Waals surface area contributed by atoms with E-state index in [1.165, 1.54) is 12.1 Å². The summed E-state index contributed by atoms with van der Waals surface area (Å²) in [4.78, 5) is 12.9. The third-order valence-electron chi connectivity index (χ3n) is 3.10. The molecule has 1 saturated heterocycles. The lowest BCUT2D eigenvalue weighted by atomic mass is 10.1. The van der Waals surface area contributed by atoms with Crippen molar-refractivity contribution in [2.24, 2.45) is 0 Å². The zero-order chi connectivity index (χ0) is 15.5. The van der Waals surface area contributed by atoms with Crippen LogP contribution in [0.3, 0.4) is 0 Å². The van der Waals surface area contributed by atoms with Crippen molar-refractivity contribution in [2.45, 2.75) is 6.18 Å². The molecule has 1 aliphatic rings. The van der Waals surface area contributed by atoms with E-state index in [0.29, 0.717) is 26.2 Å². The second-order valence-electron chi connectivity index (χ2n) is 4.52. The van der Waals surface area contributed by atoms with Gasteiger partial charge >= 0.3 is 12.2 Å². The van der Waals surface area contributed by atoms with Crippen molar-refractivity contribution in [3.8, 4) is 6.07 Å². The summed E-state index contributed by atoms with van der Waals surface area (Å²) in [5.41, 5.74) is -1.11. The molecule has 0 bridgehead atoms. The Bertz CT molecular complexity index is 580. The summed E-state index contributed by atoms with van der Waals surface area (Å²) in [6.45, 7) is 1.89. The SMILES string of the molecule is N#Cc1ccc(NCCN2CCNC2=O)cc1C(F)(F)F. The normalized spacial score (nSPS) is 14.8. The van der Waals surface area contributed by atoms with Gasteiger partial charge in [-0.15, -0.1) is 0 Å². The van der Waals surface area contributed by atoms with Gasteiger partial charge in [-0.1, -0.05) is 0 Å². The molecule has 21 heavy (non-hydrogen) atoms. The number of rotatable bonds is 4. The maximum Gasteiger partial charge on any atom is 0.417 e. The maximum atomic E-state index is 12.8. The second kappa shape index (κ2) is 5.91. The Morgan fingerprint density at radius 2 is 2.19 bits per heavy atom. The fourth-order valence-corrected chi connectivity index (χ4v) is 2.05. The van der Waals surface area contributed by atoms with Gasteiger partial charge in [-0.2, -0.15) is 18.4 Å². The Morgan fingerprint density at radius 3 is 2.76 bits per heavy atom. The van der Waals surface area contributed by atoms with Gasteiger partial charge < -0.3 is 15.5 Å². The van der Waals surface area contributed by atoms with E-state index < -0.39 is 17.3 Å². The minimum absolute atomic E-state index is 0.174. The highest BCUT2D eigenvalue weighted by molar-refractivity contribution is 5.76. The fraction of sp³-hybridized carbons (Fsp3) is 0.385. The molecule has 1 heterocycles. The Hall–Kier alpha value is -2.43. The highest BCUT2D eigenvalue weighted by atomic mass is 19.4. The molecule has 0 aromatic heterocycles. The van der Waals surface area contributed by atoms with E-state index in [1.54, 1.807) is 4.90 Å². The number of hydrogen-bond donors (Lipinski definition) is 2. The number of amides is 2. The average Bonchev–Trinajstić information content (AvgIpc) is 2.83. The number of alkyl halides is 3. The van der Waals surface area contributed by atoms with Gasteiger partial charge in [0.05, 0.1) is 17.2 Å². The van der Waals surface area contributed by atoms with Gasteiger partial charge in [-0.3, -0.25) is 0 Å². The number of nitrogens with zero attached hydrogens (tertiary/aromatic N) is 2. The molecule has 1 fully saturated rings. The lowest BCUT2D eigenvalue weighted by Crippen LogP contribution is -2.32. The summed E-state index contributed by atoms with van der Waals surface area (Å²) in [5.74, 6) is 0. The number of benzene rings is 1. The van der Waals surface area contributed by atoms with Crippen LogP contribution in [0.2, 0.25) is 0 Å². The minimum atomic E-state index is -4.57. The molecule has 2 rings (SSSR count). The van der Waals surface area contributed by atoms with Gasteiger partial charge in [0, 0.05) is 31.9 Å². The summed E-state index contributed by atoms with van der Waals surface area (Å²) in [7, 11) is 0. The molecule has 1 aliphatic heterocycles. The van der Waals surface area contributed by atoms with Gasteiger partial charge in [0.25, 0.3) is 0 Å². The molecular weight excluding hydrogens is 285 g/mol. The first-order valence-corrected chi connectivity index (χ1v) is 6.30. The van der Waals surface area contributed by atoms with E-state index in [2.05, 4.69) is 10.6 Å². The predicted octanol–water partition coefficient (Wildman–Crippen LogP) is 2.01. The molecule has 0 radical (unpaired) electrons. The highest BCUT2D eigenvalue weighted by Crippen LogP contribution is 2.33. The highest BCUT2D eigenvalue weighted by Gasteiger charge is 2.33. The quantitative estimate of drug-likeness (QED) is 0.893. The Kier molecular flexibility index (Phi) is 4.21. The maximum absolute atomic E-state index is 12.8. The molecule has 5 nitrogen and oxygen atoms in total. The number of hydrogen-bond acceptors (Lipinski definition) is 3. The molecule has 0 atom stereocenters. The first-order chi connectivity index (χ1) is 9.91. The third-order valence-corrected chi connectivity index (χ3v) is 3.10. The Labute approximate surface area is 119 Å². The van der Waals surface area contributed by atoms with Gasteiger partial charge in [-0.25, -0.2) is 4.79 Å². The molecule has 1 aromatic carbocycles. The van der Waals surface area contributed by atoms with E-state index in [0.717, 1.165) is 12.1 Å². The number of nitrogens with one attached hydrogen (secondary N) is 2. The van der Waals surface area contributed by atoms with Crippen molar-refractivity contribution in [2.75, 3.05) is 31.5 Å². The average molecular weight is 298 g/mol. The van der Waals surface area contributed by atoms with Crippen LogP contribution in [0.1, 0.15) is 11.1 Å². The molecule has 0 unspecified atom stereocenters. The van der Waals surface area contributed by atoms with Crippen molar-refractivity contribution >= 4 is 11.7 Å². The van der Waals surface area contributed by atoms with Crippen LogP contribution in [0.25, 0.3) is 0 Å². The summed E-state index contributed by atoms with van der Waals surface area (Å²) in [5, 5.41) is 14.2. The number of carbonyl (C=O) groups excluding carboxylic acids is 1. The predicted molar refractivity (Wildman–Crippen MR) is 69.6 cm³/mol. The van der Waals surface area contributed by atoms with Crippen molar-refractivity contribution < 1.29 is 18.0 Å². The van der Waals surface area contributed by atoms with Crippen molar-refractivity contribution in [1.82, 2.24) is 10.2 Å². The van der Waals surface area contributed by atoms with Gasteiger partial charge in [-0.05, 0) is 18.2 Å². The van der Waals surface area contributed by atoms with Crippen molar-refractivity contribution in [3.05, 3.63) is 29.3 Å². The van der Waals surface area contributed by atoms with Gasteiger partial charge in [0.2, 0.25) is 0 Å². The van der Waals surface area contributed by atoms with Gasteiger partial charge in [0.1, 0.15) is 0 Å². The zero-order valence-corrected chi connectivity index (χ0v) is 11.0. The van der Waals surface area contributed by atoms with Crippen LogP contribution in [0, 0.1) is 11.3 Å². The Balaban J connectivity index is 2.01. The van der Waals surface area contributed by atoms with Crippen LogP contribution in [-0.2, 0) is 6.18 Å². The van der Waals surface area contributed by atoms with E-state index in [4.69, 9.17) is 5.26 Å². The topological polar surface area (TPSA) is 68.2 Å². The fourth-order valence-electron chi connectivity index (χ4n) is 2.05. The van der Waals surface area contributed by atoms with Crippen molar-refractivity contribution in [1.29, 1.82) is 5.26 Å². The molecule has 0 saturated carbocycles. The van der Waals surface area contributed by atoms with E-state index in [9.17, 15) is 18.0 Å². The number of anilines is 1. The molecular formula is C13H13F3N4O. The smallest absolute Gasteiger partial charge is 0.383 e. The molecule has 0 spiro atoms. The standard InChI is InChI=1S/C13H13F3N4O/c14-13(15,16)11-7-10(2-1-9(11)8-17)18-3-5-20-6-4-19-12(20)21/h1-2,7,18H,3-6H2,(H,19,21). The lowest BCUT2D eigenvalue weighted by Gasteiger charge is -2.16. The van der Waals surface area contributed by atoms with Crippen LogP contribution < -0.4 is 10.6 Å². The minimum Gasteiger partial charge on any atom is -0.383 e. The summed E-state index contributed by atoms with van der Waals surface area (Å²) < 4.78 is 38.4. The van der Waals surface area contributed by atoms with Crippen LogP contribution in [0.15, 0.2) is 18.2 Å². The zero-order valence-electron chi connectivity index (χ0n) is 11.0. The lowest BCUT2D eigenvalue weighted by molar-refractivity contribution is -0.137. The molecule has 112 valence electrons. The summed E-state index contributed by atoms with van der Waals surface area (Å²) in [6.07, 6.45) is -4.57. The van der Waals surface area contributed by atoms with E-state index in [-0.39, 0.29) is 11.7 Å². The number of nitriles is 1. The van der Waals surface area contributed by atoms with Crippen molar-refractivity contribution in [3.63, 3.8) is 0 Å². The molecule has 2 N–H and O–H groups in total. The third kappa shape index (κ3) is 3.56. The number of carbonyl (C=O) groups is 1. The molecule has 2 amide bonds.